The van der Waals surface area contributed by atoms with E-state index in [2.05, 4.69) is 6.58 Å². The van der Waals surface area contributed by atoms with Crippen LogP contribution in [0.2, 0.25) is 5.02 Å². The van der Waals surface area contributed by atoms with Crippen LogP contribution in [0.3, 0.4) is 0 Å². The van der Waals surface area contributed by atoms with E-state index in [4.69, 9.17) is 16.3 Å². The second-order valence-electron chi connectivity index (χ2n) is 5.65. The number of aliphatic hydroxyl groups is 1. The van der Waals surface area contributed by atoms with E-state index >= 15 is 0 Å². The second kappa shape index (κ2) is 5.88. The molecular formula is C17H14ClFO4S. The van der Waals surface area contributed by atoms with Gasteiger partial charge in [0.1, 0.15) is 17.3 Å². The van der Waals surface area contributed by atoms with Crippen molar-refractivity contribution in [1.29, 1.82) is 0 Å². The summed E-state index contributed by atoms with van der Waals surface area (Å²) in [6, 6.07) is 6.59. The quantitative estimate of drug-likeness (QED) is 0.884. The van der Waals surface area contributed by atoms with Crippen LogP contribution in [0.5, 0.6) is 11.5 Å². The molecule has 2 aromatic carbocycles. The van der Waals surface area contributed by atoms with E-state index in [1.54, 1.807) is 0 Å². The zero-order valence-corrected chi connectivity index (χ0v) is 14.3. The van der Waals surface area contributed by atoms with Crippen molar-refractivity contribution >= 4 is 27.0 Å². The maximum atomic E-state index is 13.5. The molecule has 0 saturated heterocycles. The van der Waals surface area contributed by atoms with Gasteiger partial charge in [0.25, 0.3) is 0 Å². The Morgan fingerprint density at radius 2 is 2.04 bits per heavy atom. The minimum absolute atomic E-state index is 0.0354. The highest BCUT2D eigenvalue weighted by atomic mass is 35.5. The molecule has 1 N–H and O–H groups in total. The predicted octanol–water partition coefficient (Wildman–Crippen LogP) is 4.13. The molecular weight excluding hydrogens is 355 g/mol. The van der Waals surface area contributed by atoms with Crippen LogP contribution in [0.4, 0.5) is 4.39 Å². The fourth-order valence-electron chi connectivity index (χ4n) is 2.84. The maximum Gasteiger partial charge on any atom is 0.175 e. The third kappa shape index (κ3) is 3.05. The third-order valence-electron chi connectivity index (χ3n) is 3.76. The van der Waals surface area contributed by atoms with Gasteiger partial charge in [0, 0.05) is 34.9 Å². The van der Waals surface area contributed by atoms with Gasteiger partial charge in [-0.1, -0.05) is 18.2 Å². The van der Waals surface area contributed by atoms with Gasteiger partial charge in [-0.15, -0.1) is 0 Å². The van der Waals surface area contributed by atoms with E-state index < -0.39 is 21.8 Å². The molecule has 1 aliphatic rings. The number of sulfone groups is 1. The normalized spacial score (nSPS) is 17.0. The van der Waals surface area contributed by atoms with Crippen molar-refractivity contribution in [1.82, 2.24) is 0 Å². The summed E-state index contributed by atoms with van der Waals surface area (Å²) in [6.07, 6.45) is 0.308. The molecule has 0 saturated carbocycles. The molecule has 0 amide bonds. The molecule has 4 nitrogen and oxygen atoms in total. The zero-order chi connectivity index (χ0) is 17.6. The molecule has 7 heteroatoms. The van der Waals surface area contributed by atoms with Crippen LogP contribution < -0.4 is 4.74 Å². The van der Waals surface area contributed by atoms with Gasteiger partial charge < -0.3 is 9.84 Å². The van der Waals surface area contributed by atoms with Gasteiger partial charge >= 0.3 is 0 Å². The average Bonchev–Trinajstić information content (AvgIpc) is 2.72. The summed E-state index contributed by atoms with van der Waals surface area (Å²) >= 11 is 5.81. The molecule has 0 bridgehead atoms. The Labute approximate surface area is 144 Å². The molecule has 0 aromatic heterocycles. The Morgan fingerprint density at radius 3 is 2.67 bits per heavy atom. The number of aliphatic hydroxyl groups excluding tert-OH is 1. The molecule has 0 fully saturated rings. The lowest BCUT2D eigenvalue weighted by atomic mass is 10.1. The van der Waals surface area contributed by atoms with Crippen LogP contribution in [0.25, 0.3) is 5.57 Å². The molecule has 24 heavy (non-hydrogen) atoms. The van der Waals surface area contributed by atoms with Gasteiger partial charge in [-0.25, -0.2) is 12.8 Å². The summed E-state index contributed by atoms with van der Waals surface area (Å²) in [5.41, 5.74) is 1.26. The summed E-state index contributed by atoms with van der Waals surface area (Å²) in [7, 11) is -3.53. The van der Waals surface area contributed by atoms with E-state index in [0.29, 0.717) is 16.9 Å². The largest absolute Gasteiger partial charge is 0.457 e. The fraction of sp³-hybridized carbons (Fsp3) is 0.176. The number of rotatable bonds is 3. The van der Waals surface area contributed by atoms with E-state index in [0.717, 1.165) is 18.4 Å². The number of ether oxygens (including phenoxy) is 1. The SMILES string of the molecule is C=C1C[C@@H](O)c2c(S(C)(=O)=O)ccc(Oc3cc(F)cc(Cl)c3)c21. The summed E-state index contributed by atoms with van der Waals surface area (Å²) in [5.74, 6) is -0.0927. The molecule has 0 spiro atoms. The lowest BCUT2D eigenvalue weighted by molar-refractivity contribution is 0.187. The smallest absolute Gasteiger partial charge is 0.175 e. The number of hydrogen-bond donors (Lipinski definition) is 1. The minimum Gasteiger partial charge on any atom is -0.457 e. The van der Waals surface area contributed by atoms with E-state index in [1.165, 1.54) is 18.2 Å². The first-order valence-corrected chi connectivity index (χ1v) is 9.31. The van der Waals surface area contributed by atoms with Crippen molar-refractivity contribution in [2.75, 3.05) is 6.26 Å². The fourth-order valence-corrected chi connectivity index (χ4v) is 4.00. The summed E-state index contributed by atoms with van der Waals surface area (Å²) in [5, 5.41) is 10.4. The number of fused-ring (bicyclic) bond motifs is 1. The topological polar surface area (TPSA) is 63.6 Å². The molecule has 0 aliphatic heterocycles. The van der Waals surface area contributed by atoms with E-state index in [1.807, 2.05) is 0 Å². The molecule has 126 valence electrons. The van der Waals surface area contributed by atoms with Gasteiger partial charge in [-0.2, -0.15) is 0 Å². The molecule has 1 atom stereocenters. The first-order chi connectivity index (χ1) is 11.2. The van der Waals surface area contributed by atoms with Crippen molar-refractivity contribution < 1.29 is 22.7 Å². The number of halogens is 2. The van der Waals surface area contributed by atoms with Crippen molar-refractivity contribution in [2.45, 2.75) is 17.4 Å². The minimum atomic E-state index is -3.53. The van der Waals surface area contributed by atoms with Crippen LogP contribution in [-0.2, 0) is 9.84 Å². The second-order valence-corrected chi connectivity index (χ2v) is 8.07. The van der Waals surface area contributed by atoms with Gasteiger partial charge in [0.05, 0.1) is 11.0 Å². The Hall–Kier alpha value is -1.89. The van der Waals surface area contributed by atoms with Crippen molar-refractivity contribution in [3.05, 3.63) is 58.9 Å². The molecule has 2 aromatic rings. The van der Waals surface area contributed by atoms with Crippen LogP contribution in [0.1, 0.15) is 23.7 Å². The molecule has 0 radical (unpaired) electrons. The Balaban J connectivity index is 2.16. The van der Waals surface area contributed by atoms with Gasteiger partial charge in [-0.3, -0.25) is 0 Å². The third-order valence-corrected chi connectivity index (χ3v) is 5.13. The summed E-state index contributed by atoms with van der Waals surface area (Å²) in [6.45, 7) is 3.87. The first kappa shape index (κ1) is 17.0. The molecule has 0 heterocycles. The standard InChI is InChI=1S/C17H14ClFO4S/c1-9-5-13(20)17-15(24(2,21)22)4-3-14(16(9)17)23-12-7-10(18)6-11(19)8-12/h3-4,6-8,13,20H,1,5H2,2H3/t13-/m1/s1. The Morgan fingerprint density at radius 1 is 1.33 bits per heavy atom. The lowest BCUT2D eigenvalue weighted by Gasteiger charge is -2.15. The van der Waals surface area contributed by atoms with Crippen molar-refractivity contribution in [2.24, 2.45) is 0 Å². The number of benzene rings is 2. The van der Waals surface area contributed by atoms with Gasteiger partial charge in [0.15, 0.2) is 9.84 Å². The van der Waals surface area contributed by atoms with E-state index in [9.17, 15) is 17.9 Å². The molecule has 1 aliphatic carbocycles. The monoisotopic (exact) mass is 368 g/mol. The summed E-state index contributed by atoms with van der Waals surface area (Å²) < 4.78 is 43.1. The highest BCUT2D eigenvalue weighted by molar-refractivity contribution is 7.90. The van der Waals surface area contributed by atoms with Crippen molar-refractivity contribution in [3.8, 4) is 11.5 Å². The van der Waals surface area contributed by atoms with Crippen LogP contribution in [-0.4, -0.2) is 19.8 Å². The highest BCUT2D eigenvalue weighted by Gasteiger charge is 2.32. The Bertz CT molecular complexity index is 933. The predicted molar refractivity (Wildman–Crippen MR) is 89.6 cm³/mol. The van der Waals surface area contributed by atoms with Crippen LogP contribution in [0, 0.1) is 5.82 Å². The first-order valence-electron chi connectivity index (χ1n) is 7.04. The molecule has 0 unspecified atom stereocenters. The van der Waals surface area contributed by atoms with Gasteiger partial charge in [-0.05, 0) is 29.8 Å². The maximum absolute atomic E-state index is 13.5. The van der Waals surface area contributed by atoms with Crippen LogP contribution in [0.15, 0.2) is 41.8 Å². The number of hydrogen-bond acceptors (Lipinski definition) is 4. The highest BCUT2D eigenvalue weighted by Crippen LogP contribution is 2.47. The average molecular weight is 369 g/mol. The zero-order valence-electron chi connectivity index (χ0n) is 12.7. The van der Waals surface area contributed by atoms with Gasteiger partial charge in [0.2, 0.25) is 0 Å². The summed E-state index contributed by atoms with van der Waals surface area (Å²) in [4.78, 5) is 0.0354. The Kier molecular flexibility index (Phi) is 4.15. The molecule has 3 rings (SSSR count). The van der Waals surface area contributed by atoms with Crippen molar-refractivity contribution in [3.63, 3.8) is 0 Å². The van der Waals surface area contributed by atoms with Crippen LogP contribution >= 0.6 is 11.6 Å². The van der Waals surface area contributed by atoms with E-state index in [-0.39, 0.29) is 27.7 Å². The lowest BCUT2D eigenvalue weighted by Crippen LogP contribution is -2.05.